The van der Waals surface area contributed by atoms with Crippen LogP contribution < -0.4 is 0 Å². The largest absolute Gasteiger partial charge is 0.0623 e. The number of rotatable bonds is 0. The molecule has 2 aliphatic carbocycles. The van der Waals surface area contributed by atoms with Crippen LogP contribution in [0.1, 0.15) is 66.2 Å². The van der Waals surface area contributed by atoms with Crippen molar-refractivity contribution in [2.75, 3.05) is 0 Å². The van der Waals surface area contributed by atoms with Crippen LogP contribution in [0.4, 0.5) is 0 Å². The zero-order valence-corrected chi connectivity index (χ0v) is 10.6. The molecule has 0 N–H and O–H groups in total. The molecule has 84 valence electrons. The van der Waals surface area contributed by atoms with E-state index in [0.29, 0.717) is 0 Å². The smallest absolute Gasteiger partial charge is 0.0417 e. The molecular formula is C14H28. The van der Waals surface area contributed by atoms with Crippen molar-refractivity contribution in [2.24, 2.45) is 23.7 Å². The second-order valence-electron chi connectivity index (χ2n) is 5.77. The molecule has 4 unspecified atom stereocenters. The van der Waals surface area contributed by atoms with Gasteiger partial charge >= 0.3 is 0 Å². The van der Waals surface area contributed by atoms with Crippen LogP contribution in [0.15, 0.2) is 0 Å². The second kappa shape index (κ2) is 5.78. The van der Waals surface area contributed by atoms with Crippen molar-refractivity contribution in [3.05, 3.63) is 0 Å². The molecule has 0 heterocycles. The first-order chi connectivity index (χ1) is 6.61. The zero-order valence-electron chi connectivity index (χ0n) is 10.6. The van der Waals surface area contributed by atoms with Gasteiger partial charge in [-0.3, -0.25) is 0 Å². The fourth-order valence-corrected chi connectivity index (χ4v) is 2.66. The lowest BCUT2D eigenvalue weighted by Crippen LogP contribution is -1.95. The fraction of sp³-hybridized carbons (Fsp3) is 1.00. The van der Waals surface area contributed by atoms with E-state index in [0.717, 1.165) is 23.7 Å². The van der Waals surface area contributed by atoms with Gasteiger partial charge in [0, 0.05) is 0 Å². The Labute approximate surface area is 90.5 Å². The summed E-state index contributed by atoms with van der Waals surface area (Å²) in [7, 11) is 0. The normalized spacial score (nSPS) is 42.0. The van der Waals surface area contributed by atoms with Crippen molar-refractivity contribution < 1.29 is 0 Å². The molecule has 2 saturated carbocycles. The van der Waals surface area contributed by atoms with E-state index in [9.17, 15) is 0 Å². The quantitative estimate of drug-likeness (QED) is 0.518. The predicted octanol–water partition coefficient (Wildman–Crippen LogP) is 4.89. The minimum Gasteiger partial charge on any atom is -0.0623 e. The van der Waals surface area contributed by atoms with Crippen LogP contribution in [0, 0.1) is 23.7 Å². The average molecular weight is 196 g/mol. The van der Waals surface area contributed by atoms with Gasteiger partial charge in [0.05, 0.1) is 0 Å². The van der Waals surface area contributed by atoms with E-state index in [1.807, 2.05) is 0 Å². The first-order valence-corrected chi connectivity index (χ1v) is 6.61. The van der Waals surface area contributed by atoms with E-state index < -0.39 is 0 Å². The standard InChI is InChI=1S/2C7H14/c2*1-6-4-3-5-7(6)2/h2*6-7H,3-5H2,1-2H3. The first-order valence-electron chi connectivity index (χ1n) is 6.61. The predicted molar refractivity (Wildman–Crippen MR) is 64.4 cm³/mol. The van der Waals surface area contributed by atoms with E-state index >= 15 is 0 Å². The van der Waals surface area contributed by atoms with Crippen LogP contribution in [0.25, 0.3) is 0 Å². The summed E-state index contributed by atoms with van der Waals surface area (Å²) in [4.78, 5) is 0. The van der Waals surface area contributed by atoms with E-state index in [4.69, 9.17) is 0 Å². The van der Waals surface area contributed by atoms with E-state index in [-0.39, 0.29) is 0 Å². The summed E-state index contributed by atoms with van der Waals surface area (Å²) in [6, 6.07) is 0. The van der Waals surface area contributed by atoms with Gasteiger partial charge < -0.3 is 0 Å². The Morgan fingerprint density at radius 2 is 0.714 bits per heavy atom. The third kappa shape index (κ3) is 3.63. The Kier molecular flexibility index (Phi) is 4.98. The molecule has 2 aliphatic rings. The van der Waals surface area contributed by atoms with E-state index in [2.05, 4.69) is 27.7 Å². The molecule has 0 aromatic carbocycles. The van der Waals surface area contributed by atoms with Crippen molar-refractivity contribution in [2.45, 2.75) is 66.2 Å². The molecule has 0 bridgehead atoms. The van der Waals surface area contributed by atoms with E-state index in [1.54, 1.807) is 0 Å². The lowest BCUT2D eigenvalue weighted by Gasteiger charge is -2.05. The minimum absolute atomic E-state index is 1.01. The Morgan fingerprint density at radius 3 is 0.786 bits per heavy atom. The van der Waals surface area contributed by atoms with E-state index in [1.165, 1.54) is 38.5 Å². The number of hydrogen-bond donors (Lipinski definition) is 0. The van der Waals surface area contributed by atoms with Crippen molar-refractivity contribution in [1.29, 1.82) is 0 Å². The van der Waals surface area contributed by atoms with Crippen molar-refractivity contribution in [3.8, 4) is 0 Å². The highest BCUT2D eigenvalue weighted by Crippen LogP contribution is 2.30. The summed E-state index contributed by atoms with van der Waals surface area (Å²) in [6.07, 6.45) is 8.84. The van der Waals surface area contributed by atoms with Gasteiger partial charge in [0.1, 0.15) is 0 Å². The van der Waals surface area contributed by atoms with Gasteiger partial charge in [-0.05, 0) is 23.7 Å². The number of hydrogen-bond acceptors (Lipinski definition) is 0. The van der Waals surface area contributed by atoms with Gasteiger partial charge in [0.2, 0.25) is 0 Å². The van der Waals surface area contributed by atoms with Gasteiger partial charge in [-0.15, -0.1) is 0 Å². The zero-order chi connectivity index (χ0) is 10.6. The lowest BCUT2D eigenvalue weighted by atomic mass is 10.0. The summed E-state index contributed by atoms with van der Waals surface area (Å²) in [5, 5.41) is 0. The van der Waals surface area contributed by atoms with Gasteiger partial charge in [-0.2, -0.15) is 0 Å². The maximum atomic E-state index is 2.36. The molecule has 0 amide bonds. The van der Waals surface area contributed by atoms with Gasteiger partial charge in [-0.1, -0.05) is 66.2 Å². The molecular weight excluding hydrogens is 168 g/mol. The van der Waals surface area contributed by atoms with Crippen LogP contribution in [0.3, 0.4) is 0 Å². The van der Waals surface area contributed by atoms with Crippen LogP contribution in [-0.4, -0.2) is 0 Å². The monoisotopic (exact) mass is 196 g/mol. The molecule has 2 fully saturated rings. The minimum atomic E-state index is 1.01. The van der Waals surface area contributed by atoms with Crippen LogP contribution >= 0.6 is 0 Å². The highest BCUT2D eigenvalue weighted by atomic mass is 14.2. The molecule has 0 aromatic rings. The third-order valence-corrected chi connectivity index (χ3v) is 4.58. The van der Waals surface area contributed by atoms with Crippen molar-refractivity contribution in [1.82, 2.24) is 0 Å². The van der Waals surface area contributed by atoms with Crippen LogP contribution in [-0.2, 0) is 0 Å². The summed E-state index contributed by atoms with van der Waals surface area (Å²) in [5.74, 6) is 4.06. The third-order valence-electron chi connectivity index (χ3n) is 4.58. The topological polar surface area (TPSA) is 0 Å². The second-order valence-corrected chi connectivity index (χ2v) is 5.77. The van der Waals surface area contributed by atoms with Crippen molar-refractivity contribution in [3.63, 3.8) is 0 Å². The molecule has 0 nitrogen and oxygen atoms in total. The molecule has 0 spiro atoms. The molecule has 0 heteroatoms. The highest BCUT2D eigenvalue weighted by molar-refractivity contribution is 4.69. The van der Waals surface area contributed by atoms with Gasteiger partial charge in [0.25, 0.3) is 0 Å². The van der Waals surface area contributed by atoms with Crippen LogP contribution in [0.2, 0.25) is 0 Å². The Bertz CT molecular complexity index is 116. The molecule has 2 rings (SSSR count). The van der Waals surface area contributed by atoms with Crippen LogP contribution in [0.5, 0.6) is 0 Å². The van der Waals surface area contributed by atoms with Crippen molar-refractivity contribution >= 4 is 0 Å². The summed E-state index contributed by atoms with van der Waals surface area (Å²) in [5.41, 5.74) is 0. The average Bonchev–Trinajstić information content (AvgIpc) is 2.67. The maximum absolute atomic E-state index is 2.36. The SMILES string of the molecule is CC1CCCC1C.CC1CCCC1C. The first kappa shape index (κ1) is 12.1. The molecule has 14 heavy (non-hydrogen) atoms. The molecule has 0 aromatic heterocycles. The summed E-state index contributed by atoms with van der Waals surface area (Å²) in [6.45, 7) is 9.44. The Balaban J connectivity index is 0.000000140. The van der Waals surface area contributed by atoms with Gasteiger partial charge in [0.15, 0.2) is 0 Å². The lowest BCUT2D eigenvalue weighted by molar-refractivity contribution is 0.457. The molecule has 0 saturated heterocycles. The molecule has 0 radical (unpaired) electrons. The molecule has 0 aliphatic heterocycles. The molecule has 4 atom stereocenters. The highest BCUT2D eigenvalue weighted by Gasteiger charge is 2.18. The summed E-state index contributed by atoms with van der Waals surface area (Å²) < 4.78 is 0. The fourth-order valence-electron chi connectivity index (χ4n) is 2.66. The van der Waals surface area contributed by atoms with Gasteiger partial charge in [-0.25, -0.2) is 0 Å². The Hall–Kier alpha value is 0. The summed E-state index contributed by atoms with van der Waals surface area (Å²) >= 11 is 0. The maximum Gasteiger partial charge on any atom is -0.0417 e. The Morgan fingerprint density at radius 1 is 0.500 bits per heavy atom.